The maximum absolute atomic E-state index is 13.5. The van der Waals surface area contributed by atoms with E-state index in [4.69, 9.17) is 4.74 Å². The Morgan fingerprint density at radius 1 is 1.25 bits per heavy atom. The average molecular weight is 335 g/mol. The van der Waals surface area contributed by atoms with E-state index < -0.39 is 17.5 Å². The summed E-state index contributed by atoms with van der Waals surface area (Å²) >= 11 is 0. The summed E-state index contributed by atoms with van der Waals surface area (Å²) in [6, 6.07) is 2.54. The van der Waals surface area contributed by atoms with Crippen molar-refractivity contribution in [3.05, 3.63) is 52.3 Å². The monoisotopic (exact) mass is 335 g/mol. The lowest BCUT2D eigenvalue weighted by Crippen LogP contribution is -2.43. The highest BCUT2D eigenvalue weighted by atomic mass is 19.1. The number of morpholine rings is 1. The van der Waals surface area contributed by atoms with Gasteiger partial charge in [0.15, 0.2) is 0 Å². The molecule has 7 heteroatoms. The first-order chi connectivity index (χ1) is 11.4. The summed E-state index contributed by atoms with van der Waals surface area (Å²) in [4.78, 5) is 14.4. The maximum Gasteiger partial charge on any atom is 0.254 e. The first-order valence-corrected chi connectivity index (χ1v) is 7.73. The molecule has 24 heavy (non-hydrogen) atoms. The van der Waals surface area contributed by atoms with E-state index in [0.29, 0.717) is 19.8 Å². The SMILES string of the molecule is Cc1nn(C)c(C)c1[C@@H]1COCCN1C(=O)c1cc(F)cc(F)c1. The molecule has 1 saturated heterocycles. The maximum atomic E-state index is 13.5. The van der Waals surface area contributed by atoms with Gasteiger partial charge in [0.1, 0.15) is 11.6 Å². The Kier molecular flexibility index (Phi) is 4.36. The minimum absolute atomic E-state index is 0.00130. The fourth-order valence-electron chi connectivity index (χ4n) is 3.20. The molecule has 1 atom stereocenters. The van der Waals surface area contributed by atoms with Crippen LogP contribution in [-0.4, -0.2) is 40.3 Å². The standard InChI is InChI=1S/C17H19F2N3O2/c1-10-16(11(2)21(3)20-10)15-9-24-5-4-22(15)17(23)12-6-13(18)8-14(19)7-12/h6-8,15H,4-5,9H2,1-3H3/t15-/m0/s1. The molecule has 0 spiro atoms. The molecule has 0 saturated carbocycles. The number of amides is 1. The van der Waals surface area contributed by atoms with E-state index in [9.17, 15) is 13.6 Å². The molecule has 1 aromatic carbocycles. The van der Waals surface area contributed by atoms with Crippen molar-refractivity contribution >= 4 is 5.91 Å². The van der Waals surface area contributed by atoms with Gasteiger partial charge in [-0.25, -0.2) is 8.78 Å². The fourth-order valence-corrected chi connectivity index (χ4v) is 3.20. The molecule has 1 aliphatic rings. The Bertz CT molecular complexity index is 768. The van der Waals surface area contributed by atoms with Gasteiger partial charge in [-0.1, -0.05) is 0 Å². The number of hydrogen-bond donors (Lipinski definition) is 0. The Hall–Kier alpha value is -2.28. The van der Waals surface area contributed by atoms with Gasteiger partial charge in [-0.15, -0.1) is 0 Å². The first-order valence-electron chi connectivity index (χ1n) is 7.73. The van der Waals surface area contributed by atoms with Gasteiger partial charge in [-0.2, -0.15) is 5.10 Å². The van der Waals surface area contributed by atoms with Gasteiger partial charge >= 0.3 is 0 Å². The van der Waals surface area contributed by atoms with Crippen molar-refractivity contribution in [2.75, 3.05) is 19.8 Å². The number of aromatic nitrogens is 2. The smallest absolute Gasteiger partial charge is 0.254 e. The van der Waals surface area contributed by atoms with E-state index in [2.05, 4.69) is 5.10 Å². The van der Waals surface area contributed by atoms with Crippen LogP contribution < -0.4 is 0 Å². The molecule has 0 N–H and O–H groups in total. The largest absolute Gasteiger partial charge is 0.377 e. The van der Waals surface area contributed by atoms with Crippen molar-refractivity contribution in [3.63, 3.8) is 0 Å². The molecule has 0 radical (unpaired) electrons. The molecule has 1 fully saturated rings. The van der Waals surface area contributed by atoms with Gasteiger partial charge < -0.3 is 9.64 Å². The molecule has 5 nitrogen and oxygen atoms in total. The van der Waals surface area contributed by atoms with Crippen LogP contribution in [0.15, 0.2) is 18.2 Å². The van der Waals surface area contributed by atoms with Crippen LogP contribution >= 0.6 is 0 Å². The highest BCUT2D eigenvalue weighted by Gasteiger charge is 2.33. The molecule has 128 valence electrons. The summed E-state index contributed by atoms with van der Waals surface area (Å²) in [5.74, 6) is -1.95. The minimum Gasteiger partial charge on any atom is -0.377 e. The third kappa shape index (κ3) is 2.91. The van der Waals surface area contributed by atoms with Crippen LogP contribution in [0.1, 0.15) is 33.4 Å². The number of carbonyl (C=O) groups excluding carboxylic acids is 1. The molecular formula is C17H19F2N3O2. The lowest BCUT2D eigenvalue weighted by molar-refractivity contribution is -0.00309. The van der Waals surface area contributed by atoms with Crippen molar-refractivity contribution in [1.29, 1.82) is 0 Å². The van der Waals surface area contributed by atoms with Crippen molar-refractivity contribution in [2.24, 2.45) is 7.05 Å². The normalized spacial score (nSPS) is 18.0. The molecule has 2 aromatic rings. The van der Waals surface area contributed by atoms with Crippen molar-refractivity contribution in [1.82, 2.24) is 14.7 Å². The predicted octanol–water partition coefficient (Wildman–Crippen LogP) is 2.53. The van der Waals surface area contributed by atoms with Crippen LogP contribution in [0, 0.1) is 25.5 Å². The van der Waals surface area contributed by atoms with E-state index >= 15 is 0 Å². The van der Waals surface area contributed by atoms with Crippen LogP contribution in [0.25, 0.3) is 0 Å². The zero-order valence-corrected chi connectivity index (χ0v) is 13.8. The number of nitrogens with zero attached hydrogens (tertiary/aromatic N) is 3. The summed E-state index contributed by atoms with van der Waals surface area (Å²) in [5.41, 5.74) is 2.67. The quantitative estimate of drug-likeness (QED) is 0.847. The number of hydrogen-bond acceptors (Lipinski definition) is 3. The van der Waals surface area contributed by atoms with E-state index in [-0.39, 0.29) is 11.6 Å². The number of rotatable bonds is 2. The molecule has 1 amide bonds. The van der Waals surface area contributed by atoms with Crippen LogP contribution in [0.5, 0.6) is 0 Å². The third-order valence-corrected chi connectivity index (χ3v) is 4.40. The minimum atomic E-state index is -0.767. The summed E-state index contributed by atoms with van der Waals surface area (Å²) < 4.78 is 34.2. The zero-order valence-electron chi connectivity index (χ0n) is 13.8. The van der Waals surface area contributed by atoms with Crippen molar-refractivity contribution < 1.29 is 18.3 Å². The number of halogens is 2. The van der Waals surface area contributed by atoms with Gasteiger partial charge in [0.25, 0.3) is 5.91 Å². The summed E-state index contributed by atoms with van der Waals surface area (Å²) in [5, 5.41) is 4.38. The predicted molar refractivity (Wildman–Crippen MR) is 83.6 cm³/mol. The number of carbonyl (C=O) groups is 1. The lowest BCUT2D eigenvalue weighted by Gasteiger charge is -2.36. The molecule has 1 aliphatic heterocycles. The first kappa shape index (κ1) is 16.6. The van der Waals surface area contributed by atoms with Gasteiger partial charge in [-0.3, -0.25) is 9.48 Å². The van der Waals surface area contributed by atoms with E-state index in [1.165, 1.54) is 0 Å². The zero-order chi connectivity index (χ0) is 17.4. The molecule has 0 aliphatic carbocycles. The topological polar surface area (TPSA) is 47.4 Å². The van der Waals surface area contributed by atoms with Crippen LogP contribution in [-0.2, 0) is 11.8 Å². The third-order valence-electron chi connectivity index (χ3n) is 4.40. The van der Waals surface area contributed by atoms with Gasteiger partial charge in [-0.05, 0) is 26.0 Å². The molecule has 1 aromatic heterocycles. The van der Waals surface area contributed by atoms with Crippen molar-refractivity contribution in [3.8, 4) is 0 Å². The number of aryl methyl sites for hydroxylation is 2. The average Bonchev–Trinajstić information content (AvgIpc) is 2.78. The summed E-state index contributed by atoms with van der Waals surface area (Å²) in [6.07, 6.45) is 0. The fraction of sp³-hybridized carbons (Fsp3) is 0.412. The van der Waals surface area contributed by atoms with Crippen LogP contribution in [0.2, 0.25) is 0 Å². The van der Waals surface area contributed by atoms with Gasteiger partial charge in [0.05, 0.1) is 24.9 Å². The molecule has 2 heterocycles. The van der Waals surface area contributed by atoms with Gasteiger partial charge in [0.2, 0.25) is 0 Å². The molecule has 0 bridgehead atoms. The number of benzene rings is 1. The van der Waals surface area contributed by atoms with Gasteiger partial charge in [0, 0.05) is 36.5 Å². The van der Waals surface area contributed by atoms with E-state index in [1.807, 2.05) is 20.9 Å². The van der Waals surface area contributed by atoms with Crippen LogP contribution in [0.4, 0.5) is 8.78 Å². The van der Waals surface area contributed by atoms with Crippen LogP contribution in [0.3, 0.4) is 0 Å². The summed E-state index contributed by atoms with van der Waals surface area (Å²) in [6.45, 7) is 4.88. The highest BCUT2D eigenvalue weighted by molar-refractivity contribution is 5.94. The number of ether oxygens (including phenoxy) is 1. The molecule has 3 rings (SSSR count). The second kappa shape index (κ2) is 6.32. The second-order valence-electron chi connectivity index (χ2n) is 5.96. The Balaban J connectivity index is 1.99. The molecule has 0 unspecified atom stereocenters. The summed E-state index contributed by atoms with van der Waals surface area (Å²) in [7, 11) is 1.84. The van der Waals surface area contributed by atoms with Crippen molar-refractivity contribution in [2.45, 2.75) is 19.9 Å². The Morgan fingerprint density at radius 3 is 2.50 bits per heavy atom. The van der Waals surface area contributed by atoms with E-state index in [1.54, 1.807) is 9.58 Å². The van der Waals surface area contributed by atoms with E-state index in [0.717, 1.165) is 35.2 Å². The highest BCUT2D eigenvalue weighted by Crippen LogP contribution is 2.30. The second-order valence-corrected chi connectivity index (χ2v) is 5.96. The molecular weight excluding hydrogens is 316 g/mol. The Labute approximate surface area is 138 Å². The lowest BCUT2D eigenvalue weighted by atomic mass is 10.0. The Morgan fingerprint density at radius 2 is 1.92 bits per heavy atom.